The van der Waals surface area contributed by atoms with Crippen LogP contribution in [-0.4, -0.2) is 17.5 Å². The van der Waals surface area contributed by atoms with Crippen LogP contribution in [-0.2, 0) is 16.7 Å². The summed E-state index contributed by atoms with van der Waals surface area (Å²) < 4.78 is 37.2. The number of benzene rings is 2. The maximum absolute atomic E-state index is 12.5. The monoisotopic (exact) mass is 439 g/mol. The van der Waals surface area contributed by atoms with Crippen LogP contribution >= 0.6 is 0 Å². The van der Waals surface area contributed by atoms with Crippen molar-refractivity contribution in [1.82, 2.24) is 4.57 Å². The Labute approximate surface area is 185 Å². The third kappa shape index (κ3) is 3.80. The minimum Gasteiger partial charge on any atom is -0.340 e. The lowest BCUT2D eigenvalue weighted by Gasteiger charge is -2.23. The van der Waals surface area contributed by atoms with Gasteiger partial charge < -0.3 is 4.57 Å². The Morgan fingerprint density at radius 3 is 2.00 bits per heavy atom. The van der Waals surface area contributed by atoms with Gasteiger partial charge >= 0.3 is 0 Å². The minimum atomic E-state index is -4.32. The molecule has 166 valence electrons. The molecular formula is C26H33NO3S. The summed E-state index contributed by atoms with van der Waals surface area (Å²) in [4.78, 5) is 0.0721. The smallest absolute Gasteiger partial charge is 0.296 e. The van der Waals surface area contributed by atoms with Crippen LogP contribution in [0.2, 0.25) is 0 Å². The van der Waals surface area contributed by atoms with Gasteiger partial charge in [0.15, 0.2) is 0 Å². The van der Waals surface area contributed by atoms with Crippen LogP contribution < -0.4 is 0 Å². The lowest BCUT2D eigenvalue weighted by molar-refractivity contribution is 0.443. The second-order valence-corrected chi connectivity index (χ2v) is 11.0. The topological polar surface area (TPSA) is 59.3 Å². The Morgan fingerprint density at radius 1 is 0.839 bits per heavy atom. The van der Waals surface area contributed by atoms with Crippen molar-refractivity contribution in [3.05, 3.63) is 41.5 Å². The normalized spacial score (nSPS) is 19.4. The van der Waals surface area contributed by atoms with Gasteiger partial charge in [0.2, 0.25) is 0 Å². The zero-order valence-electron chi connectivity index (χ0n) is 18.4. The van der Waals surface area contributed by atoms with E-state index in [2.05, 4.69) is 28.8 Å². The van der Waals surface area contributed by atoms with Crippen LogP contribution in [0.4, 0.5) is 0 Å². The molecule has 31 heavy (non-hydrogen) atoms. The molecule has 0 aliphatic heterocycles. The molecule has 5 heteroatoms. The van der Waals surface area contributed by atoms with E-state index in [4.69, 9.17) is 0 Å². The number of nitrogens with zero attached hydrogens (tertiary/aromatic N) is 1. The first-order valence-electron chi connectivity index (χ1n) is 12.0. The van der Waals surface area contributed by atoms with E-state index in [0.29, 0.717) is 23.9 Å². The van der Waals surface area contributed by atoms with E-state index in [1.54, 1.807) is 6.07 Å². The van der Waals surface area contributed by atoms with Crippen LogP contribution in [0.5, 0.6) is 0 Å². The Kier molecular flexibility index (Phi) is 5.59. The molecule has 0 atom stereocenters. The van der Waals surface area contributed by atoms with E-state index in [1.807, 2.05) is 6.92 Å². The largest absolute Gasteiger partial charge is 0.340 e. The maximum Gasteiger partial charge on any atom is 0.296 e. The average Bonchev–Trinajstić information content (AvgIpc) is 3.11. The molecule has 2 aliphatic rings. The molecule has 0 unspecified atom stereocenters. The Morgan fingerprint density at radius 2 is 1.42 bits per heavy atom. The molecule has 0 spiro atoms. The number of rotatable bonds is 4. The van der Waals surface area contributed by atoms with Crippen molar-refractivity contribution in [2.24, 2.45) is 0 Å². The molecule has 1 aromatic heterocycles. The molecule has 0 bridgehead atoms. The zero-order valence-corrected chi connectivity index (χ0v) is 19.3. The molecule has 2 aliphatic carbocycles. The average molecular weight is 440 g/mol. The molecular weight excluding hydrogens is 406 g/mol. The lowest BCUT2D eigenvalue weighted by Crippen LogP contribution is -2.08. The highest BCUT2D eigenvalue weighted by Gasteiger charge is 2.26. The molecule has 2 fully saturated rings. The summed E-state index contributed by atoms with van der Waals surface area (Å²) >= 11 is 0. The summed E-state index contributed by atoms with van der Waals surface area (Å²) in [5, 5.41) is 2.10. The number of aromatic nitrogens is 1. The van der Waals surface area contributed by atoms with E-state index in [1.165, 1.54) is 56.9 Å². The van der Waals surface area contributed by atoms with Gasteiger partial charge in [-0.05, 0) is 79.8 Å². The van der Waals surface area contributed by atoms with Gasteiger partial charge in [0.25, 0.3) is 10.1 Å². The van der Waals surface area contributed by atoms with E-state index in [-0.39, 0.29) is 4.90 Å². The number of aryl methyl sites for hydroxylation is 1. The number of hydrogen-bond acceptors (Lipinski definition) is 2. The van der Waals surface area contributed by atoms with Crippen LogP contribution in [0.3, 0.4) is 0 Å². The standard InChI is InChI=1S/C26H33NO3S/c1-2-27-24-14-13-20(18-9-5-3-6-10-18)15-22(24)23-16-21(19-11-7-4-8-12-19)17-25(26(23)27)31(28,29)30/h13-19H,2-12H2,1H3,(H,28,29,30). The van der Waals surface area contributed by atoms with Crippen LogP contribution in [0.1, 0.15) is 94.1 Å². The van der Waals surface area contributed by atoms with Crippen molar-refractivity contribution >= 4 is 31.9 Å². The summed E-state index contributed by atoms with van der Waals surface area (Å²) in [6, 6.07) is 10.7. The summed E-state index contributed by atoms with van der Waals surface area (Å²) in [7, 11) is -4.32. The Balaban J connectivity index is 1.78. The SMILES string of the molecule is CCn1c2ccc(C3CCCCC3)cc2c2cc(C3CCCCC3)cc(S(=O)(=O)O)c21. The second kappa shape index (κ2) is 8.25. The minimum absolute atomic E-state index is 0.0721. The molecule has 4 nitrogen and oxygen atoms in total. The van der Waals surface area contributed by atoms with E-state index < -0.39 is 10.1 Å². The van der Waals surface area contributed by atoms with Crippen molar-refractivity contribution in [2.75, 3.05) is 0 Å². The van der Waals surface area contributed by atoms with Crippen molar-refractivity contribution in [2.45, 2.75) is 94.4 Å². The summed E-state index contributed by atoms with van der Waals surface area (Å²) in [5.74, 6) is 0.973. The fourth-order valence-corrected chi connectivity index (χ4v) is 6.87. The van der Waals surface area contributed by atoms with Gasteiger partial charge in [-0.25, -0.2) is 0 Å². The van der Waals surface area contributed by atoms with Gasteiger partial charge in [-0.1, -0.05) is 44.6 Å². The maximum atomic E-state index is 12.5. The predicted octanol–water partition coefficient (Wildman–Crippen LogP) is 7.16. The van der Waals surface area contributed by atoms with Crippen LogP contribution in [0.15, 0.2) is 35.2 Å². The second-order valence-electron chi connectivity index (χ2n) is 9.58. The Bertz CT molecular complexity index is 1210. The first kappa shape index (κ1) is 21.0. The summed E-state index contributed by atoms with van der Waals surface area (Å²) in [6.07, 6.45) is 12.2. The van der Waals surface area contributed by atoms with Gasteiger partial charge in [0.1, 0.15) is 4.90 Å². The van der Waals surface area contributed by atoms with Gasteiger partial charge in [0, 0.05) is 22.8 Å². The summed E-state index contributed by atoms with van der Waals surface area (Å²) in [6.45, 7) is 2.70. The molecule has 0 saturated heterocycles. The molecule has 1 heterocycles. The molecule has 0 radical (unpaired) electrons. The highest BCUT2D eigenvalue weighted by molar-refractivity contribution is 7.86. The molecule has 2 saturated carbocycles. The number of hydrogen-bond donors (Lipinski definition) is 1. The summed E-state index contributed by atoms with van der Waals surface area (Å²) in [5.41, 5.74) is 4.15. The van der Waals surface area contributed by atoms with Crippen molar-refractivity contribution < 1.29 is 13.0 Å². The third-order valence-corrected chi connectivity index (χ3v) is 8.58. The van der Waals surface area contributed by atoms with Crippen LogP contribution in [0.25, 0.3) is 21.8 Å². The van der Waals surface area contributed by atoms with Gasteiger partial charge in [-0.3, -0.25) is 4.55 Å². The van der Waals surface area contributed by atoms with Gasteiger partial charge in [-0.15, -0.1) is 0 Å². The zero-order chi connectivity index (χ0) is 21.6. The van der Waals surface area contributed by atoms with Crippen molar-refractivity contribution in [3.63, 3.8) is 0 Å². The van der Waals surface area contributed by atoms with E-state index in [0.717, 1.165) is 34.7 Å². The van der Waals surface area contributed by atoms with Crippen molar-refractivity contribution in [1.29, 1.82) is 0 Å². The quantitative estimate of drug-likeness (QED) is 0.439. The predicted molar refractivity (Wildman–Crippen MR) is 127 cm³/mol. The first-order chi connectivity index (χ1) is 15.0. The fourth-order valence-electron chi connectivity index (χ4n) is 6.12. The third-order valence-electron chi connectivity index (χ3n) is 7.72. The van der Waals surface area contributed by atoms with Crippen molar-refractivity contribution in [3.8, 4) is 0 Å². The molecule has 1 N–H and O–H groups in total. The molecule has 2 aromatic carbocycles. The highest BCUT2D eigenvalue weighted by atomic mass is 32.2. The van der Waals surface area contributed by atoms with Crippen LogP contribution in [0, 0.1) is 0 Å². The van der Waals surface area contributed by atoms with E-state index in [9.17, 15) is 13.0 Å². The van der Waals surface area contributed by atoms with Gasteiger partial charge in [0.05, 0.1) is 5.52 Å². The number of fused-ring (bicyclic) bond motifs is 3. The fraction of sp³-hybridized carbons (Fsp3) is 0.538. The highest BCUT2D eigenvalue weighted by Crippen LogP contribution is 2.41. The lowest BCUT2D eigenvalue weighted by atomic mass is 9.83. The molecule has 0 amide bonds. The van der Waals surface area contributed by atoms with Gasteiger partial charge in [-0.2, -0.15) is 8.42 Å². The Hall–Kier alpha value is -1.85. The molecule has 5 rings (SSSR count). The molecule has 3 aromatic rings. The van der Waals surface area contributed by atoms with E-state index >= 15 is 0 Å². The first-order valence-corrected chi connectivity index (χ1v) is 13.5.